The van der Waals surface area contributed by atoms with E-state index in [1.165, 1.54) is 0 Å². The van der Waals surface area contributed by atoms with E-state index in [1.54, 1.807) is 60.7 Å². The Bertz CT molecular complexity index is 706. The van der Waals surface area contributed by atoms with Gasteiger partial charge in [-0.05, 0) is 24.3 Å². The minimum atomic E-state index is -1.50. The van der Waals surface area contributed by atoms with E-state index in [0.29, 0.717) is 11.3 Å². The highest BCUT2D eigenvalue weighted by atomic mass is 16.7. The molecule has 0 aliphatic carbocycles. The van der Waals surface area contributed by atoms with Gasteiger partial charge in [-0.15, -0.1) is 0 Å². The summed E-state index contributed by atoms with van der Waals surface area (Å²) in [6.45, 7) is -0.298. The third-order valence-electron chi connectivity index (χ3n) is 4.05. The van der Waals surface area contributed by atoms with Crippen molar-refractivity contribution in [2.24, 2.45) is 0 Å². The van der Waals surface area contributed by atoms with Gasteiger partial charge < -0.3 is 29.5 Å². The lowest BCUT2D eigenvalue weighted by Gasteiger charge is -2.39. The van der Waals surface area contributed by atoms with Crippen molar-refractivity contribution in [1.29, 1.82) is 0 Å². The first-order chi connectivity index (χ1) is 12.6. The Hall–Kier alpha value is -2.45. The Labute approximate surface area is 150 Å². The molecule has 138 valence electrons. The summed E-state index contributed by atoms with van der Waals surface area (Å²) in [7, 11) is 0. The monoisotopic (exact) mass is 360 g/mol. The Morgan fingerprint density at radius 3 is 2.15 bits per heavy atom. The van der Waals surface area contributed by atoms with Crippen LogP contribution in [0.2, 0.25) is 0 Å². The number of rotatable bonds is 5. The van der Waals surface area contributed by atoms with Gasteiger partial charge in [-0.3, -0.25) is 0 Å². The molecule has 26 heavy (non-hydrogen) atoms. The van der Waals surface area contributed by atoms with Crippen molar-refractivity contribution < 1.29 is 34.3 Å². The van der Waals surface area contributed by atoms with Gasteiger partial charge in [0.1, 0.15) is 36.8 Å². The number of para-hydroxylation sites is 1. The molecule has 0 bridgehead atoms. The molecule has 7 heteroatoms. The maximum Gasteiger partial charge on any atom is 0.338 e. The molecule has 0 unspecified atom stereocenters. The predicted molar refractivity (Wildman–Crippen MR) is 90.5 cm³/mol. The smallest absolute Gasteiger partial charge is 0.338 e. The molecule has 1 heterocycles. The Balaban J connectivity index is 1.63. The number of aliphatic hydroxyl groups is 3. The molecule has 0 amide bonds. The summed E-state index contributed by atoms with van der Waals surface area (Å²) in [5.41, 5.74) is 0.357. The van der Waals surface area contributed by atoms with Gasteiger partial charge in [-0.2, -0.15) is 0 Å². The van der Waals surface area contributed by atoms with Crippen LogP contribution >= 0.6 is 0 Å². The minimum absolute atomic E-state index is 0.298. The minimum Gasteiger partial charge on any atom is -0.462 e. The van der Waals surface area contributed by atoms with Gasteiger partial charge in [0.25, 0.3) is 0 Å². The molecule has 1 fully saturated rings. The second kappa shape index (κ2) is 8.29. The number of hydrogen-bond acceptors (Lipinski definition) is 7. The standard InChI is InChI=1S/C19H20O7/c20-15-14(11-24-18(23)12-7-3-1-4-8-12)26-19(17(22)16(15)21)25-13-9-5-2-6-10-13/h1-10,14-17,19-22H,11H2/t14-,15+,16+,17-,19-/m1/s1. The van der Waals surface area contributed by atoms with E-state index >= 15 is 0 Å². The fourth-order valence-corrected chi connectivity index (χ4v) is 2.60. The number of esters is 1. The maximum atomic E-state index is 12.0. The largest absolute Gasteiger partial charge is 0.462 e. The third kappa shape index (κ3) is 4.20. The van der Waals surface area contributed by atoms with Crippen LogP contribution in [0.4, 0.5) is 0 Å². The zero-order chi connectivity index (χ0) is 18.5. The summed E-state index contributed by atoms with van der Waals surface area (Å²) in [4.78, 5) is 12.0. The number of benzene rings is 2. The molecule has 0 radical (unpaired) electrons. The van der Waals surface area contributed by atoms with Gasteiger partial charge in [-0.25, -0.2) is 4.79 Å². The third-order valence-corrected chi connectivity index (χ3v) is 4.05. The number of ether oxygens (including phenoxy) is 3. The van der Waals surface area contributed by atoms with Gasteiger partial charge >= 0.3 is 5.97 Å². The summed E-state index contributed by atoms with van der Waals surface area (Å²) >= 11 is 0. The fraction of sp³-hybridized carbons (Fsp3) is 0.316. The number of aliphatic hydroxyl groups excluding tert-OH is 3. The molecular weight excluding hydrogens is 340 g/mol. The summed E-state index contributed by atoms with van der Waals surface area (Å²) < 4.78 is 16.2. The van der Waals surface area contributed by atoms with E-state index in [-0.39, 0.29) is 6.61 Å². The van der Waals surface area contributed by atoms with Crippen LogP contribution in [0, 0.1) is 0 Å². The summed E-state index contributed by atoms with van der Waals surface area (Å²) in [6, 6.07) is 17.0. The van der Waals surface area contributed by atoms with Gasteiger partial charge in [0, 0.05) is 0 Å². The molecule has 3 N–H and O–H groups in total. The molecule has 0 spiro atoms. The zero-order valence-electron chi connectivity index (χ0n) is 13.8. The summed E-state index contributed by atoms with van der Waals surface area (Å²) in [5.74, 6) is -0.150. The highest BCUT2D eigenvalue weighted by Gasteiger charge is 2.45. The molecule has 3 rings (SSSR count). The topological polar surface area (TPSA) is 105 Å². The van der Waals surface area contributed by atoms with E-state index in [2.05, 4.69) is 0 Å². The van der Waals surface area contributed by atoms with Crippen LogP contribution in [0.25, 0.3) is 0 Å². The first kappa shape index (κ1) is 18.3. The molecule has 0 saturated carbocycles. The lowest BCUT2D eigenvalue weighted by atomic mass is 9.99. The van der Waals surface area contributed by atoms with Crippen LogP contribution in [0.15, 0.2) is 60.7 Å². The van der Waals surface area contributed by atoms with Crippen LogP contribution in [0.1, 0.15) is 10.4 Å². The van der Waals surface area contributed by atoms with E-state index in [0.717, 1.165) is 0 Å². The highest BCUT2D eigenvalue weighted by Crippen LogP contribution is 2.24. The molecule has 1 aliphatic rings. The van der Waals surface area contributed by atoms with Gasteiger partial charge in [-0.1, -0.05) is 36.4 Å². The second-order valence-electron chi connectivity index (χ2n) is 5.91. The lowest BCUT2D eigenvalue weighted by Crippen LogP contribution is -2.60. The van der Waals surface area contributed by atoms with Crippen molar-refractivity contribution in [2.75, 3.05) is 6.61 Å². The quantitative estimate of drug-likeness (QED) is 0.675. The Morgan fingerprint density at radius 2 is 1.50 bits per heavy atom. The molecule has 1 aliphatic heterocycles. The van der Waals surface area contributed by atoms with Crippen molar-refractivity contribution in [3.63, 3.8) is 0 Å². The first-order valence-electron chi connectivity index (χ1n) is 8.20. The summed E-state index contributed by atoms with van der Waals surface area (Å²) in [6.07, 6.45) is -6.64. The van der Waals surface area contributed by atoms with Crippen molar-refractivity contribution in [1.82, 2.24) is 0 Å². The Morgan fingerprint density at radius 1 is 0.885 bits per heavy atom. The Kier molecular flexibility index (Phi) is 5.85. The van der Waals surface area contributed by atoms with Crippen molar-refractivity contribution in [2.45, 2.75) is 30.7 Å². The second-order valence-corrected chi connectivity index (χ2v) is 5.91. The van der Waals surface area contributed by atoms with Crippen LogP contribution in [-0.4, -0.2) is 58.6 Å². The lowest BCUT2D eigenvalue weighted by molar-refractivity contribution is -0.277. The van der Waals surface area contributed by atoms with Crippen molar-refractivity contribution in [3.8, 4) is 5.75 Å². The van der Waals surface area contributed by atoms with E-state index in [4.69, 9.17) is 14.2 Å². The van der Waals surface area contributed by atoms with Crippen LogP contribution in [0.5, 0.6) is 5.75 Å². The van der Waals surface area contributed by atoms with Crippen molar-refractivity contribution in [3.05, 3.63) is 66.2 Å². The van der Waals surface area contributed by atoms with Gasteiger partial charge in [0.2, 0.25) is 6.29 Å². The molecule has 2 aromatic rings. The zero-order valence-corrected chi connectivity index (χ0v) is 13.8. The van der Waals surface area contributed by atoms with Crippen LogP contribution in [-0.2, 0) is 9.47 Å². The van der Waals surface area contributed by atoms with E-state index in [9.17, 15) is 20.1 Å². The number of carbonyl (C=O) groups is 1. The van der Waals surface area contributed by atoms with Gasteiger partial charge in [0.15, 0.2) is 0 Å². The normalized spacial score (nSPS) is 28.3. The number of hydrogen-bond donors (Lipinski definition) is 3. The fourth-order valence-electron chi connectivity index (χ4n) is 2.60. The molecule has 2 aromatic carbocycles. The molecule has 0 aromatic heterocycles. The van der Waals surface area contributed by atoms with Gasteiger partial charge in [0.05, 0.1) is 5.56 Å². The van der Waals surface area contributed by atoms with E-state index in [1.807, 2.05) is 0 Å². The number of carbonyl (C=O) groups excluding carboxylic acids is 1. The molecule has 7 nitrogen and oxygen atoms in total. The average Bonchev–Trinajstić information content (AvgIpc) is 2.68. The molecular formula is C19H20O7. The average molecular weight is 360 g/mol. The van der Waals surface area contributed by atoms with Crippen molar-refractivity contribution >= 4 is 5.97 Å². The molecule has 1 saturated heterocycles. The van der Waals surface area contributed by atoms with Crippen LogP contribution < -0.4 is 4.74 Å². The maximum absolute atomic E-state index is 12.0. The van der Waals surface area contributed by atoms with Crippen LogP contribution in [0.3, 0.4) is 0 Å². The first-order valence-corrected chi connectivity index (χ1v) is 8.20. The summed E-state index contributed by atoms with van der Waals surface area (Å²) in [5, 5.41) is 30.2. The SMILES string of the molecule is O=C(OC[C@H]1O[C@@H](Oc2ccccc2)[C@H](O)[C@@H](O)[C@H]1O)c1ccccc1. The predicted octanol–water partition coefficient (Wildman–Crippen LogP) is 0.730. The van der Waals surface area contributed by atoms with E-state index < -0.39 is 36.7 Å². The highest BCUT2D eigenvalue weighted by molar-refractivity contribution is 5.89. The molecule has 5 atom stereocenters.